The zero-order valence-corrected chi connectivity index (χ0v) is 7.78. The van der Waals surface area contributed by atoms with Gasteiger partial charge in [0.15, 0.2) is 0 Å². The van der Waals surface area contributed by atoms with Gasteiger partial charge >= 0.3 is 5.97 Å². The van der Waals surface area contributed by atoms with E-state index in [9.17, 15) is 4.79 Å². The highest BCUT2D eigenvalue weighted by Gasteiger charge is 2.27. The van der Waals surface area contributed by atoms with E-state index in [0.717, 1.165) is 5.56 Å². The molecule has 0 amide bonds. The molecule has 4 nitrogen and oxygen atoms in total. The Labute approximate surface area is 81.3 Å². The monoisotopic (exact) mass is 193 g/mol. The number of fused-ring (bicyclic) bond motifs is 1. The average molecular weight is 193 g/mol. The molecule has 1 unspecified atom stereocenters. The summed E-state index contributed by atoms with van der Waals surface area (Å²) in [6, 6.07) is 3.11. The summed E-state index contributed by atoms with van der Waals surface area (Å²) in [6.45, 7) is 2.19. The van der Waals surface area contributed by atoms with E-state index in [1.165, 1.54) is 0 Å². The van der Waals surface area contributed by atoms with Gasteiger partial charge in [-0.25, -0.2) is 4.79 Å². The number of hydrogen-bond acceptors (Lipinski definition) is 3. The number of hydrogen-bond donors (Lipinski definition) is 2. The van der Waals surface area contributed by atoms with E-state index in [-0.39, 0.29) is 11.6 Å². The Morgan fingerprint density at radius 1 is 1.64 bits per heavy atom. The fraction of sp³-hybridized carbons (Fsp3) is 0.300. The third-order valence-corrected chi connectivity index (χ3v) is 2.31. The Hall–Kier alpha value is -1.55. The summed E-state index contributed by atoms with van der Waals surface area (Å²) >= 11 is 0. The van der Waals surface area contributed by atoms with Gasteiger partial charge in [-0.2, -0.15) is 0 Å². The van der Waals surface area contributed by atoms with E-state index in [1.807, 2.05) is 13.0 Å². The van der Waals surface area contributed by atoms with Crippen LogP contribution in [0.25, 0.3) is 0 Å². The molecular weight excluding hydrogens is 182 g/mol. The fourth-order valence-corrected chi connectivity index (χ4v) is 1.71. The van der Waals surface area contributed by atoms with Gasteiger partial charge in [-0.15, -0.1) is 0 Å². The molecule has 1 aromatic carbocycles. The molecule has 1 aromatic rings. The highest BCUT2D eigenvalue weighted by atomic mass is 16.5. The lowest BCUT2D eigenvalue weighted by Gasteiger charge is -2.06. The van der Waals surface area contributed by atoms with Gasteiger partial charge in [0.2, 0.25) is 0 Å². The SMILES string of the molecule is Cc1cc2c(c(C(=O)O)c1)C(N)CO2. The Kier molecular flexibility index (Phi) is 1.93. The minimum atomic E-state index is -0.953. The normalized spacial score (nSPS) is 18.9. The molecule has 0 radical (unpaired) electrons. The van der Waals surface area contributed by atoms with Gasteiger partial charge < -0.3 is 15.6 Å². The molecule has 14 heavy (non-hydrogen) atoms. The van der Waals surface area contributed by atoms with E-state index in [2.05, 4.69) is 0 Å². The van der Waals surface area contributed by atoms with Crippen molar-refractivity contribution < 1.29 is 14.6 Å². The van der Waals surface area contributed by atoms with Crippen LogP contribution in [0.3, 0.4) is 0 Å². The molecule has 74 valence electrons. The maximum atomic E-state index is 10.9. The first kappa shape index (κ1) is 9.02. The zero-order chi connectivity index (χ0) is 10.3. The minimum Gasteiger partial charge on any atom is -0.491 e. The van der Waals surface area contributed by atoms with Crippen LogP contribution in [0.4, 0.5) is 0 Å². The van der Waals surface area contributed by atoms with Gasteiger partial charge in [-0.1, -0.05) is 0 Å². The first-order chi connectivity index (χ1) is 6.59. The van der Waals surface area contributed by atoms with Crippen LogP contribution < -0.4 is 10.5 Å². The molecule has 3 N–H and O–H groups in total. The van der Waals surface area contributed by atoms with Crippen molar-refractivity contribution in [3.8, 4) is 5.75 Å². The van der Waals surface area contributed by atoms with Gasteiger partial charge in [0.1, 0.15) is 12.4 Å². The molecule has 0 aliphatic carbocycles. The van der Waals surface area contributed by atoms with Crippen LogP contribution in [-0.2, 0) is 0 Å². The molecular formula is C10H11NO3. The van der Waals surface area contributed by atoms with Crippen molar-refractivity contribution in [2.75, 3.05) is 6.61 Å². The van der Waals surface area contributed by atoms with Crippen molar-refractivity contribution in [3.63, 3.8) is 0 Å². The molecule has 0 fully saturated rings. The summed E-state index contributed by atoms with van der Waals surface area (Å²) in [6.07, 6.45) is 0. The lowest BCUT2D eigenvalue weighted by molar-refractivity contribution is 0.0695. The quantitative estimate of drug-likeness (QED) is 0.700. The molecule has 1 aliphatic rings. The van der Waals surface area contributed by atoms with Gasteiger partial charge in [0.25, 0.3) is 0 Å². The first-order valence-electron chi connectivity index (χ1n) is 4.36. The molecule has 0 bridgehead atoms. The number of carboxylic acid groups (broad SMARTS) is 1. The predicted molar refractivity (Wildman–Crippen MR) is 50.6 cm³/mol. The Morgan fingerprint density at radius 2 is 2.36 bits per heavy atom. The highest BCUT2D eigenvalue weighted by Crippen LogP contribution is 2.34. The number of nitrogens with two attached hydrogens (primary N) is 1. The number of ether oxygens (including phenoxy) is 1. The lowest BCUT2D eigenvalue weighted by Crippen LogP contribution is -2.14. The molecule has 1 aliphatic heterocycles. The van der Waals surface area contributed by atoms with Crippen LogP contribution in [0.5, 0.6) is 5.75 Å². The number of benzene rings is 1. The second kappa shape index (κ2) is 2.99. The number of aryl methyl sites for hydroxylation is 1. The zero-order valence-electron chi connectivity index (χ0n) is 7.78. The van der Waals surface area contributed by atoms with E-state index < -0.39 is 5.97 Å². The van der Waals surface area contributed by atoms with Crippen molar-refractivity contribution >= 4 is 5.97 Å². The summed E-state index contributed by atoms with van der Waals surface area (Å²) in [7, 11) is 0. The summed E-state index contributed by atoms with van der Waals surface area (Å²) in [5.74, 6) is -0.346. The van der Waals surface area contributed by atoms with E-state index >= 15 is 0 Å². The molecule has 1 heterocycles. The molecule has 0 saturated heterocycles. The molecule has 0 aromatic heterocycles. The van der Waals surface area contributed by atoms with Crippen molar-refractivity contribution in [3.05, 3.63) is 28.8 Å². The van der Waals surface area contributed by atoms with E-state index in [4.69, 9.17) is 15.6 Å². The van der Waals surface area contributed by atoms with Crippen molar-refractivity contribution in [2.45, 2.75) is 13.0 Å². The van der Waals surface area contributed by atoms with Crippen molar-refractivity contribution in [1.82, 2.24) is 0 Å². The topological polar surface area (TPSA) is 72.5 Å². The number of carbonyl (C=O) groups is 1. The first-order valence-corrected chi connectivity index (χ1v) is 4.36. The predicted octanol–water partition coefficient (Wildman–Crippen LogP) is 1.09. The van der Waals surface area contributed by atoms with Gasteiger partial charge in [-0.3, -0.25) is 0 Å². The average Bonchev–Trinajstić information content (AvgIpc) is 2.46. The van der Waals surface area contributed by atoms with E-state index in [1.54, 1.807) is 6.07 Å². The standard InChI is InChI=1S/C10H11NO3/c1-5-2-6(10(12)13)9-7(11)4-14-8(9)3-5/h2-3,7H,4,11H2,1H3,(H,12,13). The van der Waals surface area contributed by atoms with Crippen LogP contribution in [-0.4, -0.2) is 17.7 Å². The number of aromatic carboxylic acids is 1. The largest absolute Gasteiger partial charge is 0.491 e. The van der Waals surface area contributed by atoms with Crippen molar-refractivity contribution in [1.29, 1.82) is 0 Å². The highest BCUT2D eigenvalue weighted by molar-refractivity contribution is 5.91. The third kappa shape index (κ3) is 1.24. The molecule has 2 rings (SSSR count). The number of rotatable bonds is 1. The van der Waals surface area contributed by atoms with Crippen LogP contribution in [0.2, 0.25) is 0 Å². The van der Waals surface area contributed by atoms with Crippen LogP contribution in [0, 0.1) is 6.92 Å². The van der Waals surface area contributed by atoms with Gasteiger partial charge in [-0.05, 0) is 24.6 Å². The number of carboxylic acids is 1. The summed E-state index contributed by atoms with van der Waals surface area (Å²) in [4.78, 5) is 10.9. The maximum Gasteiger partial charge on any atom is 0.336 e. The smallest absolute Gasteiger partial charge is 0.336 e. The molecule has 4 heteroatoms. The molecule has 1 atom stereocenters. The van der Waals surface area contributed by atoms with Gasteiger partial charge in [0, 0.05) is 5.56 Å². The summed E-state index contributed by atoms with van der Waals surface area (Å²) < 4.78 is 5.29. The second-order valence-corrected chi connectivity index (χ2v) is 3.45. The Bertz CT molecular complexity index is 401. The molecule has 0 spiro atoms. The summed E-state index contributed by atoms with van der Waals surface area (Å²) in [5, 5.41) is 8.98. The minimum absolute atomic E-state index is 0.255. The van der Waals surface area contributed by atoms with E-state index in [0.29, 0.717) is 17.9 Å². The maximum absolute atomic E-state index is 10.9. The second-order valence-electron chi connectivity index (χ2n) is 3.45. The Balaban J connectivity index is 2.65. The third-order valence-electron chi connectivity index (χ3n) is 2.31. The van der Waals surface area contributed by atoms with Crippen LogP contribution >= 0.6 is 0 Å². The molecule has 0 saturated carbocycles. The van der Waals surface area contributed by atoms with Crippen LogP contribution in [0.1, 0.15) is 27.5 Å². The lowest BCUT2D eigenvalue weighted by atomic mass is 10.00. The fourth-order valence-electron chi connectivity index (χ4n) is 1.71. The van der Waals surface area contributed by atoms with Crippen LogP contribution in [0.15, 0.2) is 12.1 Å². The van der Waals surface area contributed by atoms with Gasteiger partial charge in [0.05, 0.1) is 11.6 Å². The van der Waals surface area contributed by atoms with Crippen molar-refractivity contribution in [2.24, 2.45) is 5.73 Å². The Morgan fingerprint density at radius 3 is 3.00 bits per heavy atom. The summed E-state index contributed by atoms with van der Waals surface area (Å²) in [5.41, 5.74) is 7.49.